The van der Waals surface area contributed by atoms with E-state index in [4.69, 9.17) is 17.2 Å². The highest BCUT2D eigenvalue weighted by molar-refractivity contribution is 5.96. The maximum absolute atomic E-state index is 13.7. The number of hydrogen-bond acceptors (Lipinski definition) is 10. The second-order valence-electron chi connectivity index (χ2n) is 13.9. The zero-order valence-electron chi connectivity index (χ0n) is 31.5. The second kappa shape index (κ2) is 24.7. The second-order valence-corrected chi connectivity index (χ2v) is 13.9. The Morgan fingerprint density at radius 1 is 0.741 bits per heavy atom. The minimum atomic E-state index is -1.22. The van der Waals surface area contributed by atoms with Crippen LogP contribution in [0.1, 0.15) is 96.0 Å². The van der Waals surface area contributed by atoms with E-state index in [1.54, 1.807) is 19.1 Å². The normalized spacial score (nSPS) is 16.4. The van der Waals surface area contributed by atoms with E-state index in [9.17, 15) is 39.0 Å². The fourth-order valence-electron chi connectivity index (χ4n) is 6.44. The number of nitrogens with two attached hydrogens (primary N) is 3. The summed E-state index contributed by atoms with van der Waals surface area (Å²) in [6.07, 6.45) is 8.44. The molecule has 302 valence electrons. The highest BCUT2D eigenvalue weighted by Gasteiger charge is 2.35. The van der Waals surface area contributed by atoms with Gasteiger partial charge in [-0.2, -0.15) is 0 Å². The van der Waals surface area contributed by atoms with Crippen molar-refractivity contribution in [2.75, 3.05) is 13.1 Å². The standard InChI is InChI=1S/C38H62N8O8/c1-3-12-27(41)33(48)43-29(15-8-10-21-39)36(51)44-30(16-9-11-22-40)35(50)42-28(4-2)34(49)45-31(23-24-17-19-26(47)20-18-24)37(52)46-32(38(53)54)25-13-6-5-7-14-25/h3,17-20,25,27-32,47H,1,4-16,21-23,39-41H2,2H3,(H,42,50)(H,43,48)(H,44,51)(H,45,49)(H,46,52)(H,53,54)/t27-,28-,29-,30-,31-,32-/m0/s1. The molecule has 0 aromatic heterocycles. The van der Waals surface area contributed by atoms with Gasteiger partial charge in [-0.15, -0.1) is 6.58 Å². The molecule has 16 nitrogen and oxygen atoms in total. The topological polar surface area (TPSA) is 281 Å². The van der Waals surface area contributed by atoms with Crippen LogP contribution in [0.15, 0.2) is 36.9 Å². The zero-order chi connectivity index (χ0) is 40.0. The van der Waals surface area contributed by atoms with Crippen molar-refractivity contribution in [3.63, 3.8) is 0 Å². The number of carboxylic acids is 1. The summed E-state index contributed by atoms with van der Waals surface area (Å²) in [5.41, 5.74) is 17.8. The Kier molecular flexibility index (Phi) is 20.9. The Bertz CT molecular complexity index is 1370. The first kappa shape index (κ1) is 45.6. The van der Waals surface area contributed by atoms with Crippen LogP contribution in [0, 0.1) is 5.92 Å². The summed E-state index contributed by atoms with van der Waals surface area (Å²) in [5, 5.41) is 33.2. The van der Waals surface area contributed by atoms with Gasteiger partial charge in [0.05, 0.1) is 6.04 Å². The minimum absolute atomic E-state index is 0.00873. The third-order valence-corrected chi connectivity index (χ3v) is 9.65. The van der Waals surface area contributed by atoms with E-state index in [-0.39, 0.29) is 43.8 Å². The molecule has 0 bridgehead atoms. The Labute approximate surface area is 318 Å². The Morgan fingerprint density at radius 3 is 1.72 bits per heavy atom. The van der Waals surface area contributed by atoms with Crippen molar-refractivity contribution < 1.29 is 39.0 Å². The molecule has 6 atom stereocenters. The van der Waals surface area contributed by atoms with Crippen molar-refractivity contribution >= 4 is 35.5 Å². The average molecular weight is 759 g/mol. The van der Waals surface area contributed by atoms with E-state index in [2.05, 4.69) is 33.2 Å². The molecule has 0 aliphatic heterocycles. The van der Waals surface area contributed by atoms with Crippen molar-refractivity contribution in [3.05, 3.63) is 42.5 Å². The number of nitrogens with one attached hydrogen (secondary N) is 5. The summed E-state index contributed by atoms with van der Waals surface area (Å²) in [4.78, 5) is 79.7. The zero-order valence-corrected chi connectivity index (χ0v) is 31.5. The molecule has 0 unspecified atom stereocenters. The summed E-state index contributed by atoms with van der Waals surface area (Å²) in [5.74, 6) is -4.59. The number of amides is 5. The number of hydrogen-bond donors (Lipinski definition) is 10. The molecule has 1 saturated carbocycles. The van der Waals surface area contributed by atoms with Gasteiger partial charge in [-0.05, 0) is 101 Å². The number of aromatic hydroxyl groups is 1. The van der Waals surface area contributed by atoms with Crippen LogP contribution in [0.25, 0.3) is 0 Å². The maximum Gasteiger partial charge on any atom is 0.326 e. The van der Waals surface area contributed by atoms with E-state index in [1.165, 1.54) is 18.2 Å². The molecular weight excluding hydrogens is 696 g/mol. The van der Waals surface area contributed by atoms with Crippen LogP contribution < -0.4 is 43.8 Å². The summed E-state index contributed by atoms with van der Waals surface area (Å²) in [7, 11) is 0. The van der Waals surface area contributed by atoms with Crippen LogP contribution >= 0.6 is 0 Å². The van der Waals surface area contributed by atoms with Crippen LogP contribution in [0.4, 0.5) is 0 Å². The molecule has 1 fully saturated rings. The van der Waals surface area contributed by atoms with Crippen molar-refractivity contribution in [2.45, 2.75) is 133 Å². The highest BCUT2D eigenvalue weighted by atomic mass is 16.4. The quantitative estimate of drug-likeness (QED) is 0.0487. The number of phenols is 1. The molecule has 0 spiro atoms. The van der Waals surface area contributed by atoms with E-state index >= 15 is 0 Å². The number of rotatable bonds is 25. The van der Waals surface area contributed by atoms with E-state index in [1.807, 2.05) is 0 Å². The lowest BCUT2D eigenvalue weighted by Gasteiger charge is -2.30. The lowest BCUT2D eigenvalue weighted by Crippen LogP contribution is -2.59. The molecule has 1 aromatic carbocycles. The number of carbonyl (C=O) groups excluding carboxylic acids is 5. The molecule has 0 radical (unpaired) electrons. The van der Waals surface area contributed by atoms with E-state index < -0.39 is 71.8 Å². The Morgan fingerprint density at radius 2 is 1.22 bits per heavy atom. The number of aliphatic carboxylic acids is 1. The van der Waals surface area contributed by atoms with Gasteiger partial charge in [-0.1, -0.05) is 44.4 Å². The van der Waals surface area contributed by atoms with Crippen molar-refractivity contribution in [3.8, 4) is 5.75 Å². The van der Waals surface area contributed by atoms with Gasteiger partial charge in [0.2, 0.25) is 29.5 Å². The van der Waals surface area contributed by atoms with Gasteiger partial charge >= 0.3 is 5.97 Å². The Balaban J connectivity index is 2.27. The number of unbranched alkanes of at least 4 members (excludes halogenated alkanes) is 2. The highest BCUT2D eigenvalue weighted by Crippen LogP contribution is 2.27. The fourth-order valence-corrected chi connectivity index (χ4v) is 6.44. The number of benzene rings is 1. The summed E-state index contributed by atoms with van der Waals surface area (Å²) < 4.78 is 0. The van der Waals surface area contributed by atoms with Gasteiger partial charge < -0.3 is 54.0 Å². The smallest absolute Gasteiger partial charge is 0.326 e. The van der Waals surface area contributed by atoms with E-state index in [0.29, 0.717) is 57.2 Å². The molecule has 16 heteroatoms. The number of carboxylic acid groups (broad SMARTS) is 1. The third-order valence-electron chi connectivity index (χ3n) is 9.65. The predicted molar refractivity (Wildman–Crippen MR) is 205 cm³/mol. The van der Waals surface area contributed by atoms with Crippen LogP contribution in [-0.2, 0) is 35.2 Å². The lowest BCUT2D eigenvalue weighted by molar-refractivity contribution is -0.144. The largest absolute Gasteiger partial charge is 0.508 e. The average Bonchev–Trinajstić information content (AvgIpc) is 3.15. The van der Waals surface area contributed by atoms with Crippen LogP contribution in [0.2, 0.25) is 0 Å². The van der Waals surface area contributed by atoms with Gasteiger partial charge in [0, 0.05) is 6.42 Å². The molecule has 13 N–H and O–H groups in total. The summed E-state index contributed by atoms with van der Waals surface area (Å²) >= 11 is 0. The van der Waals surface area contributed by atoms with Gasteiger partial charge in [0.1, 0.15) is 36.0 Å². The predicted octanol–water partition coefficient (Wildman–Crippen LogP) is 0.595. The van der Waals surface area contributed by atoms with Crippen molar-refractivity contribution in [1.29, 1.82) is 0 Å². The number of carbonyl (C=O) groups is 6. The molecular formula is C38H62N8O8. The molecule has 0 heterocycles. The van der Waals surface area contributed by atoms with Gasteiger partial charge in [0.25, 0.3) is 0 Å². The van der Waals surface area contributed by atoms with Crippen molar-refractivity contribution in [1.82, 2.24) is 26.6 Å². The lowest BCUT2D eigenvalue weighted by atomic mass is 9.83. The Hall–Kier alpha value is -4.54. The number of phenolic OH excluding ortho intramolecular Hbond substituents is 1. The summed E-state index contributed by atoms with van der Waals surface area (Å²) in [6.45, 7) is 6.01. The van der Waals surface area contributed by atoms with E-state index in [0.717, 1.165) is 19.3 Å². The first-order valence-electron chi connectivity index (χ1n) is 19.1. The van der Waals surface area contributed by atoms with Crippen LogP contribution in [0.3, 0.4) is 0 Å². The molecule has 54 heavy (non-hydrogen) atoms. The maximum atomic E-state index is 13.7. The van der Waals surface area contributed by atoms with Gasteiger partial charge in [-0.3, -0.25) is 24.0 Å². The van der Waals surface area contributed by atoms with Gasteiger partial charge in [0.15, 0.2) is 0 Å². The first-order valence-corrected chi connectivity index (χ1v) is 19.1. The molecule has 1 aliphatic rings. The SMILES string of the molecule is C=CC[C@H](N)C(=O)N[C@@H](CCCCN)C(=O)N[C@@H](CCCCN)C(=O)N[C@@H](CC)C(=O)N[C@@H](Cc1ccc(O)cc1)C(=O)N[C@H](C(=O)O)C1CCCCC1. The third kappa shape index (κ3) is 15.8. The van der Waals surface area contributed by atoms with Crippen molar-refractivity contribution in [2.24, 2.45) is 23.1 Å². The molecule has 1 aromatic rings. The molecule has 5 amide bonds. The first-order chi connectivity index (χ1) is 25.8. The van der Waals surface area contributed by atoms with Gasteiger partial charge in [-0.25, -0.2) is 4.79 Å². The van der Waals surface area contributed by atoms with Crippen LogP contribution in [-0.4, -0.2) is 95.1 Å². The van der Waals surface area contributed by atoms with Crippen LogP contribution in [0.5, 0.6) is 5.75 Å². The molecule has 1 aliphatic carbocycles. The summed E-state index contributed by atoms with van der Waals surface area (Å²) in [6, 6.07) is -0.453. The monoisotopic (exact) mass is 758 g/mol. The fraction of sp³-hybridized carbons (Fsp3) is 0.632. The molecule has 2 rings (SSSR count). The molecule has 0 saturated heterocycles. The minimum Gasteiger partial charge on any atom is -0.508 e.